The number of nitrogens with zero attached hydrogens (tertiary/aromatic N) is 2. The number of carbonyl (C=O) groups is 1. The van der Waals surface area contributed by atoms with E-state index in [1.807, 2.05) is 0 Å². The summed E-state index contributed by atoms with van der Waals surface area (Å²) in [6.07, 6.45) is 11.0. The van der Waals surface area contributed by atoms with Crippen LogP contribution in [0.5, 0.6) is 11.5 Å². The molecule has 4 aromatic carbocycles. The average Bonchev–Trinajstić information content (AvgIpc) is 3.17. The summed E-state index contributed by atoms with van der Waals surface area (Å²) >= 11 is 0. The molecule has 8 nitrogen and oxygen atoms in total. The van der Waals surface area contributed by atoms with Gasteiger partial charge in [-0.1, -0.05) is 79.2 Å². The highest BCUT2D eigenvalue weighted by molar-refractivity contribution is 5.85. The molecule has 52 heavy (non-hydrogen) atoms. The maximum absolute atomic E-state index is 12.9. The van der Waals surface area contributed by atoms with E-state index in [-0.39, 0.29) is 41.4 Å². The quantitative estimate of drug-likeness (QED) is 0.0749. The number of hydrogen-bond acceptors (Lipinski definition) is 6. The summed E-state index contributed by atoms with van der Waals surface area (Å²) in [5.41, 5.74) is 6.16. The van der Waals surface area contributed by atoms with E-state index < -0.39 is 4.92 Å². The molecule has 0 aromatic heterocycles. The van der Waals surface area contributed by atoms with Crippen molar-refractivity contribution in [3.8, 4) is 11.5 Å². The first-order valence-electron chi connectivity index (χ1n) is 18.5. The molecule has 1 N–H and O–H groups in total. The first-order chi connectivity index (χ1) is 24.9. The summed E-state index contributed by atoms with van der Waals surface area (Å²) in [6, 6.07) is 32.4. The van der Waals surface area contributed by atoms with Crippen molar-refractivity contribution in [3.05, 3.63) is 135 Å². The third-order valence-corrected chi connectivity index (χ3v) is 11.4. The van der Waals surface area contributed by atoms with Gasteiger partial charge in [0, 0.05) is 29.6 Å². The molecule has 0 bridgehead atoms. The second kappa shape index (κ2) is 17.9. The maximum atomic E-state index is 12.9. The number of halogens is 1. The number of methoxy groups -OCH3 is 2. The number of aryl methyl sites for hydroxylation is 1. The molecule has 1 aliphatic heterocycles. The van der Waals surface area contributed by atoms with E-state index in [4.69, 9.17) is 9.47 Å². The second-order valence-electron chi connectivity index (χ2n) is 14.3. The summed E-state index contributed by atoms with van der Waals surface area (Å²) in [5.74, 6) is 1.55. The van der Waals surface area contributed by atoms with Gasteiger partial charge in [-0.15, -0.1) is 12.4 Å². The van der Waals surface area contributed by atoms with Crippen molar-refractivity contribution in [3.63, 3.8) is 0 Å². The minimum absolute atomic E-state index is 0. The van der Waals surface area contributed by atoms with Crippen LogP contribution in [0.3, 0.4) is 0 Å². The number of ether oxygens (including phenoxy) is 2. The van der Waals surface area contributed by atoms with Crippen molar-refractivity contribution in [1.82, 2.24) is 10.2 Å². The Kier molecular flexibility index (Phi) is 13.4. The Morgan fingerprint density at radius 3 is 2.08 bits per heavy atom. The van der Waals surface area contributed by atoms with Crippen LogP contribution in [0.25, 0.3) is 0 Å². The van der Waals surface area contributed by atoms with Crippen LogP contribution >= 0.6 is 12.4 Å². The summed E-state index contributed by atoms with van der Waals surface area (Å²) in [4.78, 5) is 26.3. The largest absolute Gasteiger partial charge is 0.493 e. The van der Waals surface area contributed by atoms with E-state index in [0.717, 1.165) is 75.1 Å². The molecule has 1 atom stereocenters. The van der Waals surface area contributed by atoms with Gasteiger partial charge in [-0.05, 0) is 111 Å². The average molecular weight is 726 g/mol. The Bertz CT molecular complexity index is 1730. The Balaban J connectivity index is 0.00000523. The maximum Gasteiger partial charge on any atom is 0.269 e. The fourth-order valence-electron chi connectivity index (χ4n) is 8.71. The van der Waals surface area contributed by atoms with E-state index in [2.05, 4.69) is 83.0 Å². The van der Waals surface area contributed by atoms with Gasteiger partial charge in [0.15, 0.2) is 11.5 Å². The molecule has 6 rings (SSSR count). The zero-order valence-electron chi connectivity index (χ0n) is 30.5. The SMILES string of the molecule is COc1cc2c(cc1OC)CC1(CCCCN1CCCC(CCCNC(=O)Cc1ccc([N+](=O)[O-])cc1)(c1ccccc1)c1ccccc1)CC2.Cl. The summed E-state index contributed by atoms with van der Waals surface area (Å²) in [5, 5.41) is 14.1. The van der Waals surface area contributed by atoms with Crippen LogP contribution in [0.2, 0.25) is 0 Å². The molecule has 1 aliphatic carbocycles. The van der Waals surface area contributed by atoms with Crippen LogP contribution in [-0.4, -0.2) is 55.1 Å². The summed E-state index contributed by atoms with van der Waals surface area (Å²) < 4.78 is 11.3. The van der Waals surface area contributed by atoms with Crippen molar-refractivity contribution in [2.75, 3.05) is 33.9 Å². The zero-order chi connectivity index (χ0) is 35.7. The van der Waals surface area contributed by atoms with Gasteiger partial charge >= 0.3 is 0 Å². The normalized spacial score (nSPS) is 17.1. The Morgan fingerprint density at radius 2 is 1.46 bits per heavy atom. The van der Waals surface area contributed by atoms with E-state index in [0.29, 0.717) is 6.54 Å². The van der Waals surface area contributed by atoms with E-state index in [1.165, 1.54) is 53.6 Å². The molecule has 0 saturated carbocycles. The lowest BCUT2D eigenvalue weighted by molar-refractivity contribution is -0.384. The standard InChI is InChI=1S/C43H51N3O5.ClH/c1-50-39-30-34-21-25-42(32-35(34)31-40(39)51-2)22-9-10-27-45(42)28-12-24-43(36-13-5-3-6-14-36,37-15-7-4-8-16-37)23-11-26-44-41(47)29-33-17-19-38(20-18-33)46(48)49;/h3-8,13-20,30-31H,9-12,21-29,32H2,1-2H3,(H,44,47);1H. The van der Waals surface area contributed by atoms with Crippen LogP contribution in [-0.2, 0) is 29.5 Å². The van der Waals surface area contributed by atoms with Crippen molar-refractivity contribution in [1.29, 1.82) is 0 Å². The van der Waals surface area contributed by atoms with Crippen molar-refractivity contribution < 1.29 is 19.2 Å². The number of non-ortho nitro benzene ring substituents is 1. The molecule has 1 amide bonds. The van der Waals surface area contributed by atoms with Gasteiger partial charge in [-0.2, -0.15) is 0 Å². The van der Waals surface area contributed by atoms with Gasteiger partial charge in [0.05, 0.1) is 25.6 Å². The molecule has 2 aliphatic rings. The highest BCUT2D eigenvalue weighted by atomic mass is 35.5. The molecule has 1 unspecified atom stereocenters. The smallest absolute Gasteiger partial charge is 0.269 e. The third-order valence-electron chi connectivity index (χ3n) is 11.4. The highest BCUT2D eigenvalue weighted by Gasteiger charge is 2.42. The number of nitro groups is 1. The molecule has 1 spiro atoms. The Morgan fingerprint density at radius 1 is 0.846 bits per heavy atom. The Hall–Kier alpha value is -4.40. The van der Waals surface area contributed by atoms with Crippen molar-refractivity contribution >= 4 is 24.0 Å². The monoisotopic (exact) mass is 725 g/mol. The number of amides is 1. The summed E-state index contributed by atoms with van der Waals surface area (Å²) in [6.45, 7) is 2.75. The topological polar surface area (TPSA) is 93.9 Å². The second-order valence-corrected chi connectivity index (χ2v) is 14.3. The van der Waals surface area contributed by atoms with Gasteiger partial charge in [-0.25, -0.2) is 0 Å². The van der Waals surface area contributed by atoms with Gasteiger partial charge in [0.2, 0.25) is 5.91 Å². The van der Waals surface area contributed by atoms with Gasteiger partial charge in [0.1, 0.15) is 0 Å². The summed E-state index contributed by atoms with van der Waals surface area (Å²) in [7, 11) is 3.43. The lowest BCUT2D eigenvalue weighted by Gasteiger charge is -2.50. The molecule has 276 valence electrons. The number of rotatable bonds is 15. The van der Waals surface area contributed by atoms with Gasteiger partial charge < -0.3 is 14.8 Å². The molecule has 1 heterocycles. The van der Waals surface area contributed by atoms with Crippen LogP contribution in [0.1, 0.15) is 79.2 Å². The van der Waals surface area contributed by atoms with Gasteiger partial charge in [0.25, 0.3) is 5.69 Å². The van der Waals surface area contributed by atoms with E-state index >= 15 is 0 Å². The fourth-order valence-corrected chi connectivity index (χ4v) is 8.71. The van der Waals surface area contributed by atoms with Crippen molar-refractivity contribution in [2.45, 2.75) is 81.6 Å². The predicted octanol–water partition coefficient (Wildman–Crippen LogP) is 8.65. The van der Waals surface area contributed by atoms with Crippen LogP contribution in [0.15, 0.2) is 97.1 Å². The number of nitrogens with one attached hydrogen (secondary N) is 1. The molecule has 1 saturated heterocycles. The molecular formula is C43H52ClN3O5. The van der Waals surface area contributed by atoms with E-state index in [9.17, 15) is 14.9 Å². The first kappa shape index (κ1) is 38.8. The lowest BCUT2D eigenvalue weighted by atomic mass is 9.68. The van der Waals surface area contributed by atoms with E-state index in [1.54, 1.807) is 26.4 Å². The molecular weight excluding hydrogens is 674 g/mol. The number of benzene rings is 4. The van der Waals surface area contributed by atoms with Crippen LogP contribution in [0.4, 0.5) is 5.69 Å². The lowest BCUT2D eigenvalue weighted by Crippen LogP contribution is -2.55. The molecule has 1 fully saturated rings. The minimum Gasteiger partial charge on any atom is -0.493 e. The fraction of sp³-hybridized carbons (Fsp3) is 0.419. The van der Waals surface area contributed by atoms with Gasteiger partial charge in [-0.3, -0.25) is 19.8 Å². The Labute approximate surface area is 314 Å². The molecule has 0 radical (unpaired) electrons. The first-order valence-corrected chi connectivity index (χ1v) is 18.5. The number of fused-ring (bicyclic) bond motifs is 1. The molecule has 4 aromatic rings. The number of likely N-dealkylation sites (tertiary alicyclic amines) is 1. The van der Waals surface area contributed by atoms with Crippen LogP contribution < -0.4 is 14.8 Å². The van der Waals surface area contributed by atoms with Crippen molar-refractivity contribution in [2.24, 2.45) is 0 Å². The number of hydrogen-bond donors (Lipinski definition) is 1. The van der Waals surface area contributed by atoms with Crippen LogP contribution in [0, 0.1) is 10.1 Å². The number of nitro benzene ring substituents is 1. The number of carbonyl (C=O) groups excluding carboxylic acids is 1. The molecule has 9 heteroatoms. The highest BCUT2D eigenvalue weighted by Crippen LogP contribution is 2.45. The number of piperidine rings is 1. The predicted molar refractivity (Wildman–Crippen MR) is 209 cm³/mol. The zero-order valence-corrected chi connectivity index (χ0v) is 31.3. The third kappa shape index (κ3) is 8.79. The minimum atomic E-state index is -0.426.